The second-order valence-corrected chi connectivity index (χ2v) is 9.57. The van der Waals surface area contributed by atoms with E-state index < -0.39 is 24.0 Å². The van der Waals surface area contributed by atoms with E-state index in [1.54, 1.807) is 47.5 Å². The number of benzene rings is 4. The number of fused-ring (bicyclic) bond motifs is 1. The fraction of sp³-hybridized carbons (Fsp3) is 0.156. The molecule has 0 radical (unpaired) electrons. The van der Waals surface area contributed by atoms with Crippen molar-refractivity contribution in [3.05, 3.63) is 126 Å². The smallest absolute Gasteiger partial charge is 0.343 e. The zero-order valence-corrected chi connectivity index (χ0v) is 21.7. The van der Waals surface area contributed by atoms with Crippen LogP contribution in [0.2, 0.25) is 0 Å². The summed E-state index contributed by atoms with van der Waals surface area (Å²) in [5, 5.41) is 1.62. The third-order valence-corrected chi connectivity index (χ3v) is 7.14. The molecule has 0 spiro atoms. The first-order valence-electron chi connectivity index (χ1n) is 12.9. The number of imide groups is 1. The van der Waals surface area contributed by atoms with Crippen molar-refractivity contribution in [1.82, 2.24) is 4.90 Å². The molecule has 2 saturated heterocycles. The summed E-state index contributed by atoms with van der Waals surface area (Å²) in [6.07, 6.45) is -0.969. The van der Waals surface area contributed by atoms with Gasteiger partial charge in [-0.3, -0.25) is 19.3 Å². The highest BCUT2D eigenvalue weighted by molar-refractivity contribution is 6.07. The lowest BCUT2D eigenvalue weighted by Gasteiger charge is -2.29. The lowest BCUT2D eigenvalue weighted by molar-refractivity contribution is -0.143. The van der Waals surface area contributed by atoms with E-state index in [0.29, 0.717) is 22.6 Å². The monoisotopic (exact) mass is 534 g/mol. The number of hydroxylamine groups is 1. The summed E-state index contributed by atoms with van der Waals surface area (Å²) in [7, 11) is 1.48. The molecule has 8 nitrogen and oxygen atoms in total. The lowest BCUT2D eigenvalue weighted by Crippen LogP contribution is -2.36. The minimum absolute atomic E-state index is 0.171. The number of esters is 1. The van der Waals surface area contributed by atoms with Crippen LogP contribution in [-0.4, -0.2) is 35.9 Å². The SMILES string of the molecule is COc1cc([C@H]2[C@@H]3C(=O)N(Cc4ccccc4)C(=O)[C@@H]3ON2c2ccccc2)ccc1OC(=O)c1ccccc1. The average Bonchev–Trinajstić information content (AvgIpc) is 3.50. The number of amides is 2. The van der Waals surface area contributed by atoms with E-state index in [4.69, 9.17) is 14.3 Å². The maximum absolute atomic E-state index is 13.8. The second kappa shape index (κ2) is 10.7. The van der Waals surface area contributed by atoms with Crippen LogP contribution in [-0.2, 0) is 21.0 Å². The highest BCUT2D eigenvalue weighted by Gasteiger charge is 2.59. The predicted octanol–water partition coefficient (Wildman–Crippen LogP) is 4.96. The number of hydrogen-bond donors (Lipinski definition) is 0. The summed E-state index contributed by atoms with van der Waals surface area (Å²) in [4.78, 5) is 47.4. The summed E-state index contributed by atoms with van der Waals surface area (Å²) in [6.45, 7) is 0.171. The number of rotatable bonds is 7. The number of anilines is 1. The Kier molecular flexibility index (Phi) is 6.76. The van der Waals surface area contributed by atoms with Crippen LogP contribution in [0.4, 0.5) is 5.69 Å². The molecule has 2 heterocycles. The lowest BCUT2D eigenvalue weighted by atomic mass is 9.90. The van der Waals surface area contributed by atoms with Gasteiger partial charge in [0, 0.05) is 0 Å². The Morgan fingerprint density at radius 1 is 0.800 bits per heavy atom. The first kappa shape index (κ1) is 25.3. The highest BCUT2D eigenvalue weighted by Crippen LogP contribution is 2.48. The molecule has 2 aliphatic rings. The van der Waals surface area contributed by atoms with E-state index >= 15 is 0 Å². The van der Waals surface area contributed by atoms with Gasteiger partial charge < -0.3 is 9.47 Å². The standard InChI is InChI=1S/C32H26N2O6/c1-38-26-19-23(17-18-25(26)39-32(37)22-13-7-3-8-14-22)28-27-29(40-34(28)24-15-9-4-10-16-24)31(36)33(30(27)35)20-21-11-5-2-6-12-21/h2-19,27-29H,20H2,1H3/t27-,28-,29+/m0/s1. The van der Waals surface area contributed by atoms with Crippen molar-refractivity contribution in [1.29, 1.82) is 0 Å². The van der Waals surface area contributed by atoms with Crippen molar-refractivity contribution in [3.8, 4) is 11.5 Å². The van der Waals surface area contributed by atoms with Crippen LogP contribution >= 0.6 is 0 Å². The van der Waals surface area contributed by atoms with Gasteiger partial charge in [-0.05, 0) is 47.5 Å². The van der Waals surface area contributed by atoms with Gasteiger partial charge in [-0.2, -0.15) is 0 Å². The number of ether oxygens (including phenoxy) is 2. The summed E-state index contributed by atoms with van der Waals surface area (Å²) < 4.78 is 11.2. The van der Waals surface area contributed by atoms with Gasteiger partial charge in [-0.15, -0.1) is 0 Å². The Hall–Kier alpha value is -4.95. The van der Waals surface area contributed by atoms with Crippen LogP contribution < -0.4 is 14.5 Å². The molecular weight excluding hydrogens is 508 g/mol. The number of carbonyl (C=O) groups is 3. The van der Waals surface area contributed by atoms with E-state index in [9.17, 15) is 14.4 Å². The largest absolute Gasteiger partial charge is 0.493 e. The number of para-hydroxylation sites is 1. The molecule has 2 fully saturated rings. The number of carbonyl (C=O) groups excluding carboxylic acids is 3. The zero-order valence-electron chi connectivity index (χ0n) is 21.7. The Morgan fingerprint density at radius 2 is 1.45 bits per heavy atom. The van der Waals surface area contributed by atoms with Crippen molar-refractivity contribution in [3.63, 3.8) is 0 Å². The minimum Gasteiger partial charge on any atom is -0.493 e. The van der Waals surface area contributed by atoms with Gasteiger partial charge in [0.2, 0.25) is 5.91 Å². The molecule has 0 bridgehead atoms. The van der Waals surface area contributed by atoms with Crippen LogP contribution in [0, 0.1) is 5.92 Å². The molecule has 200 valence electrons. The average molecular weight is 535 g/mol. The molecule has 4 aromatic rings. The van der Waals surface area contributed by atoms with E-state index in [0.717, 1.165) is 5.56 Å². The van der Waals surface area contributed by atoms with Crippen LogP contribution in [0.5, 0.6) is 11.5 Å². The molecular formula is C32H26N2O6. The fourth-order valence-electron chi connectivity index (χ4n) is 5.22. The van der Waals surface area contributed by atoms with Crippen molar-refractivity contribution in [2.45, 2.75) is 18.7 Å². The molecule has 8 heteroatoms. The summed E-state index contributed by atoms with van der Waals surface area (Å²) in [5.41, 5.74) is 2.64. The summed E-state index contributed by atoms with van der Waals surface area (Å²) >= 11 is 0. The molecule has 0 N–H and O–H groups in total. The van der Waals surface area contributed by atoms with Gasteiger partial charge in [-0.25, -0.2) is 9.86 Å². The molecule has 0 aliphatic carbocycles. The molecule has 0 unspecified atom stereocenters. The second-order valence-electron chi connectivity index (χ2n) is 9.57. The molecule has 40 heavy (non-hydrogen) atoms. The van der Waals surface area contributed by atoms with Crippen LogP contribution in [0.3, 0.4) is 0 Å². The third kappa shape index (κ3) is 4.58. The van der Waals surface area contributed by atoms with E-state index in [1.165, 1.54) is 12.0 Å². The van der Waals surface area contributed by atoms with Gasteiger partial charge >= 0.3 is 5.97 Å². The molecule has 2 aliphatic heterocycles. The Balaban J connectivity index is 1.35. The maximum Gasteiger partial charge on any atom is 0.343 e. The van der Waals surface area contributed by atoms with Gasteiger partial charge in [0.1, 0.15) is 5.92 Å². The summed E-state index contributed by atoms with van der Waals surface area (Å²) in [6, 6.07) is 31.9. The van der Waals surface area contributed by atoms with E-state index in [-0.39, 0.29) is 24.1 Å². The zero-order chi connectivity index (χ0) is 27.6. The van der Waals surface area contributed by atoms with Crippen molar-refractivity contribution < 1.29 is 28.7 Å². The normalized spacial score (nSPS) is 20.0. The van der Waals surface area contributed by atoms with Gasteiger partial charge in [0.15, 0.2) is 17.6 Å². The first-order chi connectivity index (χ1) is 19.5. The predicted molar refractivity (Wildman–Crippen MR) is 146 cm³/mol. The molecule has 6 rings (SSSR count). The number of likely N-dealkylation sites (tertiary alicyclic amines) is 1. The van der Waals surface area contributed by atoms with Crippen molar-refractivity contribution >= 4 is 23.5 Å². The van der Waals surface area contributed by atoms with Crippen molar-refractivity contribution in [2.75, 3.05) is 12.2 Å². The van der Waals surface area contributed by atoms with Crippen LogP contribution in [0.15, 0.2) is 109 Å². The maximum atomic E-state index is 13.8. The van der Waals surface area contributed by atoms with Gasteiger partial charge in [0.05, 0.1) is 30.9 Å². The number of hydrogen-bond acceptors (Lipinski definition) is 7. The van der Waals surface area contributed by atoms with E-state index in [2.05, 4.69) is 0 Å². The van der Waals surface area contributed by atoms with Gasteiger partial charge in [0.25, 0.3) is 5.91 Å². The van der Waals surface area contributed by atoms with Gasteiger partial charge in [-0.1, -0.05) is 72.8 Å². The number of methoxy groups -OCH3 is 1. The summed E-state index contributed by atoms with van der Waals surface area (Å²) in [5.74, 6) is -1.42. The topological polar surface area (TPSA) is 85.4 Å². The first-order valence-corrected chi connectivity index (χ1v) is 12.9. The third-order valence-electron chi connectivity index (χ3n) is 7.14. The molecule has 4 aromatic carbocycles. The number of nitrogens with zero attached hydrogens (tertiary/aromatic N) is 2. The quantitative estimate of drug-likeness (QED) is 0.188. The minimum atomic E-state index is -0.969. The van der Waals surface area contributed by atoms with Crippen LogP contribution in [0.25, 0.3) is 0 Å². The van der Waals surface area contributed by atoms with E-state index in [1.807, 2.05) is 66.7 Å². The molecule has 2 amide bonds. The Labute approximate surface area is 231 Å². The van der Waals surface area contributed by atoms with Crippen molar-refractivity contribution in [2.24, 2.45) is 5.92 Å². The molecule has 3 atom stereocenters. The highest BCUT2D eigenvalue weighted by atomic mass is 16.7. The fourth-order valence-corrected chi connectivity index (χ4v) is 5.22. The van der Waals surface area contributed by atoms with Crippen LogP contribution in [0.1, 0.15) is 27.5 Å². The Morgan fingerprint density at radius 3 is 2.12 bits per heavy atom. The Bertz CT molecular complexity index is 1540. The molecule has 0 saturated carbocycles. The molecule has 0 aromatic heterocycles.